The Morgan fingerprint density at radius 1 is 1.08 bits per heavy atom. The zero-order valence-electron chi connectivity index (χ0n) is 23.0. The van der Waals surface area contributed by atoms with E-state index in [1.165, 1.54) is 4.90 Å². The van der Waals surface area contributed by atoms with Crippen molar-refractivity contribution >= 4 is 29.2 Å². The second-order valence-electron chi connectivity index (χ2n) is 10.8. The molecule has 1 aromatic carbocycles. The van der Waals surface area contributed by atoms with Crippen molar-refractivity contribution in [2.45, 2.75) is 63.8 Å². The van der Waals surface area contributed by atoms with E-state index in [2.05, 4.69) is 18.7 Å². The molecule has 6 atom stereocenters. The van der Waals surface area contributed by atoms with Gasteiger partial charge in [-0.25, -0.2) is 0 Å². The number of amides is 2. The van der Waals surface area contributed by atoms with Crippen LogP contribution in [0, 0.1) is 11.8 Å². The van der Waals surface area contributed by atoms with Crippen molar-refractivity contribution in [2.24, 2.45) is 11.8 Å². The van der Waals surface area contributed by atoms with E-state index in [4.69, 9.17) is 9.47 Å². The van der Waals surface area contributed by atoms with Gasteiger partial charge in [0.25, 0.3) is 5.91 Å². The summed E-state index contributed by atoms with van der Waals surface area (Å²) in [5.74, 6) is -2.94. The summed E-state index contributed by atoms with van der Waals surface area (Å²) in [5.41, 5.74) is 0.429. The molecular weight excluding hydrogens is 498 g/mol. The number of ether oxygens (including phenoxy) is 2. The molecule has 39 heavy (non-hydrogen) atoms. The van der Waals surface area contributed by atoms with Crippen molar-refractivity contribution in [1.82, 2.24) is 4.90 Å². The van der Waals surface area contributed by atoms with Crippen LogP contribution in [-0.4, -0.2) is 84.4 Å². The highest BCUT2D eigenvalue weighted by atomic mass is 16.6. The molecule has 4 aliphatic heterocycles. The van der Waals surface area contributed by atoms with E-state index in [9.17, 15) is 19.5 Å². The second kappa shape index (κ2) is 11.1. The molecule has 0 bridgehead atoms. The average Bonchev–Trinajstić information content (AvgIpc) is 3.34. The molecule has 1 spiro atoms. The fraction of sp³-hybridized carbons (Fsp3) is 0.567. The highest BCUT2D eigenvalue weighted by Crippen LogP contribution is 2.53. The molecule has 9 nitrogen and oxygen atoms in total. The topological polar surface area (TPSA) is 99.6 Å². The molecule has 1 unspecified atom stereocenters. The van der Waals surface area contributed by atoms with Gasteiger partial charge in [-0.3, -0.25) is 14.4 Å². The third kappa shape index (κ3) is 4.55. The fourth-order valence-corrected chi connectivity index (χ4v) is 6.58. The van der Waals surface area contributed by atoms with Gasteiger partial charge in [0.15, 0.2) is 0 Å². The van der Waals surface area contributed by atoms with Gasteiger partial charge < -0.3 is 29.3 Å². The average molecular weight is 538 g/mol. The number of esters is 1. The number of carbonyl (C=O) groups is 3. The molecular formula is C30H39N3O6. The number of cyclic esters (lactones) is 1. The number of allylic oxidation sites excluding steroid dienone is 1. The van der Waals surface area contributed by atoms with E-state index < -0.39 is 41.6 Å². The molecule has 0 aromatic heterocycles. The molecule has 4 aliphatic rings. The van der Waals surface area contributed by atoms with Gasteiger partial charge in [-0.15, -0.1) is 0 Å². The molecule has 0 radical (unpaired) electrons. The summed E-state index contributed by atoms with van der Waals surface area (Å²) in [6.07, 6.45) is 9.27. The van der Waals surface area contributed by atoms with Crippen LogP contribution in [0.5, 0.6) is 0 Å². The van der Waals surface area contributed by atoms with Crippen molar-refractivity contribution in [1.29, 1.82) is 0 Å². The summed E-state index contributed by atoms with van der Waals surface area (Å²) in [4.78, 5) is 47.1. The maximum atomic E-state index is 14.4. The maximum Gasteiger partial charge on any atom is 0.312 e. The van der Waals surface area contributed by atoms with Crippen molar-refractivity contribution in [2.75, 3.05) is 42.6 Å². The fourth-order valence-electron chi connectivity index (χ4n) is 6.58. The van der Waals surface area contributed by atoms with Crippen LogP contribution in [0.25, 0.3) is 0 Å². The molecule has 1 N–H and O–H groups in total. The number of nitrogens with zero attached hydrogens (tertiary/aromatic N) is 3. The summed E-state index contributed by atoms with van der Waals surface area (Å²) in [7, 11) is 0. The largest absolute Gasteiger partial charge is 0.465 e. The molecule has 0 aliphatic carbocycles. The minimum Gasteiger partial charge on any atom is -0.465 e. The first-order valence-electron chi connectivity index (χ1n) is 14.2. The van der Waals surface area contributed by atoms with E-state index in [1.807, 2.05) is 42.5 Å². The number of likely N-dealkylation sites (tertiary alicyclic amines) is 1. The highest BCUT2D eigenvalue weighted by molar-refractivity contribution is 6.05. The van der Waals surface area contributed by atoms with Crippen molar-refractivity contribution in [3.05, 3.63) is 48.6 Å². The summed E-state index contributed by atoms with van der Waals surface area (Å²) in [6, 6.07) is 6.16. The van der Waals surface area contributed by atoms with Gasteiger partial charge in [0.1, 0.15) is 17.6 Å². The van der Waals surface area contributed by atoms with Gasteiger partial charge in [0.2, 0.25) is 5.91 Å². The van der Waals surface area contributed by atoms with Gasteiger partial charge in [0.05, 0.1) is 31.3 Å². The number of aliphatic hydroxyl groups excluding tert-OH is 1. The molecule has 4 heterocycles. The summed E-state index contributed by atoms with van der Waals surface area (Å²) in [6.45, 7) is 7.92. The Balaban J connectivity index is 1.56. The van der Waals surface area contributed by atoms with E-state index in [0.717, 1.165) is 38.0 Å². The SMILES string of the molecule is CCN(CC)c1ccc(N2CC=C[C@]34O[C@H]5/C=C\CCCCOC(=O)[C@H]5[C@H]3C(=O)N([C@H](C)CO)C4C2=O)cc1. The van der Waals surface area contributed by atoms with Crippen LogP contribution in [-0.2, 0) is 23.9 Å². The first kappa shape index (κ1) is 27.4. The number of hydrogen-bond acceptors (Lipinski definition) is 7. The number of hydrogen-bond donors (Lipinski definition) is 1. The molecule has 9 heteroatoms. The predicted octanol–water partition coefficient (Wildman–Crippen LogP) is 2.68. The normalized spacial score (nSPS) is 32.2. The predicted molar refractivity (Wildman–Crippen MR) is 147 cm³/mol. The quantitative estimate of drug-likeness (QED) is 0.440. The van der Waals surface area contributed by atoms with Crippen LogP contribution in [0.4, 0.5) is 11.4 Å². The van der Waals surface area contributed by atoms with Crippen LogP contribution in [0.2, 0.25) is 0 Å². The monoisotopic (exact) mass is 537 g/mol. The van der Waals surface area contributed by atoms with Crippen LogP contribution in [0.15, 0.2) is 48.6 Å². The minimum atomic E-state index is -1.35. The van der Waals surface area contributed by atoms with Crippen LogP contribution >= 0.6 is 0 Å². The number of aliphatic hydroxyl groups is 1. The number of fused-ring (bicyclic) bond motifs is 2. The van der Waals surface area contributed by atoms with Gasteiger partial charge in [0, 0.05) is 31.0 Å². The Labute approximate surface area is 230 Å². The third-order valence-corrected chi connectivity index (χ3v) is 8.57. The lowest BCUT2D eigenvalue weighted by Crippen LogP contribution is -2.57. The van der Waals surface area contributed by atoms with Crippen LogP contribution in [0.1, 0.15) is 40.0 Å². The maximum absolute atomic E-state index is 14.4. The Morgan fingerprint density at radius 2 is 1.82 bits per heavy atom. The summed E-state index contributed by atoms with van der Waals surface area (Å²) >= 11 is 0. The van der Waals surface area contributed by atoms with Crippen molar-refractivity contribution in [3.8, 4) is 0 Å². The summed E-state index contributed by atoms with van der Waals surface area (Å²) < 4.78 is 12.2. The highest BCUT2D eigenvalue weighted by Gasteiger charge is 2.72. The van der Waals surface area contributed by atoms with Crippen molar-refractivity contribution in [3.63, 3.8) is 0 Å². The Hall–Kier alpha value is -3.17. The number of carbonyl (C=O) groups excluding carboxylic acids is 3. The zero-order valence-corrected chi connectivity index (χ0v) is 23.0. The van der Waals surface area contributed by atoms with Gasteiger partial charge in [-0.2, -0.15) is 0 Å². The van der Waals surface area contributed by atoms with Crippen LogP contribution in [0.3, 0.4) is 0 Å². The Bertz CT molecular complexity index is 1150. The smallest absolute Gasteiger partial charge is 0.312 e. The van der Waals surface area contributed by atoms with Gasteiger partial charge >= 0.3 is 5.97 Å². The second-order valence-corrected chi connectivity index (χ2v) is 10.8. The molecule has 2 saturated heterocycles. The van der Waals surface area contributed by atoms with Crippen LogP contribution < -0.4 is 9.80 Å². The lowest BCUT2D eigenvalue weighted by Gasteiger charge is -2.37. The van der Waals surface area contributed by atoms with Gasteiger partial charge in [-0.1, -0.05) is 24.3 Å². The van der Waals surface area contributed by atoms with E-state index >= 15 is 0 Å². The first-order chi connectivity index (χ1) is 18.9. The molecule has 1 aromatic rings. The van der Waals surface area contributed by atoms with Gasteiger partial charge in [-0.05, 0) is 64.3 Å². The Kier molecular flexibility index (Phi) is 7.82. The lowest BCUT2D eigenvalue weighted by atomic mass is 9.78. The number of rotatable bonds is 6. The molecule has 2 amide bonds. The van der Waals surface area contributed by atoms with Crippen molar-refractivity contribution < 1.29 is 29.0 Å². The van der Waals surface area contributed by atoms with E-state index in [1.54, 1.807) is 17.9 Å². The number of anilines is 2. The minimum absolute atomic E-state index is 0.288. The number of benzene rings is 1. The van der Waals surface area contributed by atoms with E-state index in [0.29, 0.717) is 12.2 Å². The standard InChI is InChI=1S/C30H39N3O6/c1-4-31(5-2)21-12-14-22(15-13-21)32-17-10-16-30-25(27(35)33(20(3)19-34)26(30)28(32)36)24-23(39-30)11-8-6-7-9-18-38-29(24)37/h8,10-16,20,23-26,34H,4-7,9,17-19H2,1-3H3/b11-8-/t20-,23+,24-,25+,26?,30+/m1/s1. The third-order valence-electron chi connectivity index (χ3n) is 8.57. The molecule has 210 valence electrons. The Morgan fingerprint density at radius 3 is 2.51 bits per heavy atom. The van der Waals surface area contributed by atoms with E-state index in [-0.39, 0.29) is 25.0 Å². The molecule has 5 rings (SSSR count). The zero-order chi connectivity index (χ0) is 27.7. The molecule has 0 saturated carbocycles. The lowest BCUT2D eigenvalue weighted by molar-refractivity contribution is -0.155. The first-order valence-corrected chi connectivity index (χ1v) is 14.2. The molecule has 2 fully saturated rings. The summed E-state index contributed by atoms with van der Waals surface area (Å²) in [5, 5.41) is 10.1.